The second-order valence-corrected chi connectivity index (χ2v) is 9.87. The van der Waals surface area contributed by atoms with E-state index in [9.17, 15) is 10.1 Å². The molecule has 0 saturated carbocycles. The Bertz CT molecular complexity index is 1140. The number of carbonyl (C=O) groups excluding carboxylic acids is 1. The molecule has 1 unspecified atom stereocenters. The number of nitriles is 1. The van der Waals surface area contributed by atoms with Crippen LogP contribution in [0.25, 0.3) is 11.1 Å². The lowest BCUT2D eigenvalue weighted by Crippen LogP contribution is -2.09. The molecular weight excluding hydrogens is 442 g/mol. The van der Waals surface area contributed by atoms with Crippen molar-refractivity contribution in [2.75, 3.05) is 0 Å². The van der Waals surface area contributed by atoms with Gasteiger partial charge in [0.05, 0.1) is 11.1 Å². The lowest BCUT2D eigenvalue weighted by atomic mass is 9.95. The first-order valence-electron chi connectivity index (χ1n) is 13.5. The van der Waals surface area contributed by atoms with Gasteiger partial charge in [0.15, 0.2) is 0 Å². The van der Waals surface area contributed by atoms with Crippen molar-refractivity contribution in [3.05, 3.63) is 89.0 Å². The highest BCUT2D eigenvalue weighted by Gasteiger charge is 2.13. The maximum absolute atomic E-state index is 12.8. The van der Waals surface area contributed by atoms with E-state index in [1.807, 2.05) is 24.3 Å². The van der Waals surface area contributed by atoms with Gasteiger partial charge in [-0.15, -0.1) is 0 Å². The van der Waals surface area contributed by atoms with Crippen molar-refractivity contribution in [2.24, 2.45) is 5.92 Å². The van der Waals surface area contributed by atoms with Crippen LogP contribution in [0, 0.1) is 17.2 Å². The molecule has 0 aliphatic carbocycles. The molecule has 188 valence electrons. The molecule has 0 heterocycles. The Kier molecular flexibility index (Phi) is 10.8. The molecule has 0 aliphatic rings. The fourth-order valence-corrected chi connectivity index (χ4v) is 4.63. The average molecular weight is 482 g/mol. The summed E-state index contributed by atoms with van der Waals surface area (Å²) in [6.45, 7) is 6.74. The summed E-state index contributed by atoms with van der Waals surface area (Å²) in [5.74, 6) is 0.555. The molecule has 0 N–H and O–H groups in total. The van der Waals surface area contributed by atoms with Gasteiger partial charge in [-0.25, -0.2) is 4.79 Å². The Hall–Kier alpha value is -3.38. The fourth-order valence-electron chi connectivity index (χ4n) is 4.63. The van der Waals surface area contributed by atoms with Gasteiger partial charge >= 0.3 is 5.97 Å². The number of esters is 1. The topological polar surface area (TPSA) is 50.1 Å². The minimum atomic E-state index is -0.453. The molecule has 0 radical (unpaired) electrons. The van der Waals surface area contributed by atoms with E-state index in [-0.39, 0.29) is 0 Å². The summed E-state index contributed by atoms with van der Waals surface area (Å²) in [7, 11) is 0. The Morgan fingerprint density at radius 2 is 1.47 bits per heavy atom. The van der Waals surface area contributed by atoms with Gasteiger partial charge in [0.1, 0.15) is 11.8 Å². The first kappa shape index (κ1) is 27.2. The van der Waals surface area contributed by atoms with Crippen molar-refractivity contribution < 1.29 is 9.53 Å². The van der Waals surface area contributed by atoms with E-state index in [4.69, 9.17) is 4.74 Å². The zero-order valence-electron chi connectivity index (χ0n) is 22.1. The molecule has 36 heavy (non-hydrogen) atoms. The Balaban J connectivity index is 1.60. The van der Waals surface area contributed by atoms with Crippen LogP contribution in [0.1, 0.15) is 92.8 Å². The van der Waals surface area contributed by atoms with Crippen LogP contribution >= 0.6 is 0 Å². The molecule has 3 nitrogen and oxygen atoms in total. The summed E-state index contributed by atoms with van der Waals surface area (Å²) < 4.78 is 5.59. The van der Waals surface area contributed by atoms with Gasteiger partial charge in [0.25, 0.3) is 0 Å². The number of rotatable bonds is 13. The van der Waals surface area contributed by atoms with Crippen molar-refractivity contribution in [1.82, 2.24) is 0 Å². The first-order chi connectivity index (χ1) is 17.5. The largest absolute Gasteiger partial charge is 0.422 e. The van der Waals surface area contributed by atoms with Gasteiger partial charge in [0, 0.05) is 0 Å². The molecule has 0 aliphatic heterocycles. The van der Waals surface area contributed by atoms with E-state index < -0.39 is 5.97 Å². The second kappa shape index (κ2) is 14.2. The molecule has 3 heteroatoms. The van der Waals surface area contributed by atoms with E-state index in [2.05, 4.69) is 51.1 Å². The molecule has 0 spiro atoms. The van der Waals surface area contributed by atoms with Crippen LogP contribution in [0.4, 0.5) is 0 Å². The molecule has 0 fully saturated rings. The van der Waals surface area contributed by atoms with Gasteiger partial charge in [0.2, 0.25) is 0 Å². The third kappa shape index (κ3) is 8.09. The van der Waals surface area contributed by atoms with Crippen LogP contribution in [0.15, 0.2) is 66.7 Å². The summed E-state index contributed by atoms with van der Waals surface area (Å²) in [5, 5.41) is 9.58. The number of hydrogen-bond donors (Lipinski definition) is 0. The minimum absolute atomic E-state index is 0.314. The predicted molar refractivity (Wildman–Crippen MR) is 148 cm³/mol. The zero-order chi connectivity index (χ0) is 25.8. The van der Waals surface area contributed by atoms with Crippen molar-refractivity contribution in [3.63, 3.8) is 0 Å². The quantitative estimate of drug-likeness (QED) is 0.139. The molecule has 3 aromatic rings. The second-order valence-electron chi connectivity index (χ2n) is 9.87. The first-order valence-corrected chi connectivity index (χ1v) is 13.5. The SMILES string of the molecule is CCCCCCCc1ccc(OC(=O)c2ccc(-c3ccc(CC(C)CCC)cc3)cc2)c(C#N)c1. The van der Waals surface area contributed by atoms with Crippen LogP contribution in [-0.2, 0) is 12.8 Å². The summed E-state index contributed by atoms with van der Waals surface area (Å²) in [6, 6.07) is 23.9. The normalized spacial score (nSPS) is 11.6. The Morgan fingerprint density at radius 3 is 2.11 bits per heavy atom. The number of ether oxygens (including phenoxy) is 1. The fraction of sp³-hybridized carbons (Fsp3) is 0.394. The van der Waals surface area contributed by atoms with Crippen molar-refractivity contribution >= 4 is 5.97 Å². The predicted octanol–water partition coefficient (Wildman–Crippen LogP) is 8.94. The number of hydrogen-bond acceptors (Lipinski definition) is 3. The highest BCUT2D eigenvalue weighted by atomic mass is 16.5. The molecule has 0 amide bonds. The van der Waals surface area contributed by atoms with Crippen LogP contribution in [0.2, 0.25) is 0 Å². The Morgan fingerprint density at radius 1 is 0.833 bits per heavy atom. The van der Waals surface area contributed by atoms with Crippen LogP contribution in [0.3, 0.4) is 0 Å². The smallest absolute Gasteiger partial charge is 0.343 e. The van der Waals surface area contributed by atoms with Gasteiger partial charge in [-0.3, -0.25) is 0 Å². The van der Waals surface area contributed by atoms with E-state index in [1.165, 1.54) is 44.1 Å². The molecule has 3 rings (SSSR count). The highest BCUT2D eigenvalue weighted by molar-refractivity contribution is 5.92. The maximum Gasteiger partial charge on any atom is 0.343 e. The summed E-state index contributed by atoms with van der Waals surface area (Å²) in [6.07, 6.45) is 10.6. The summed E-state index contributed by atoms with van der Waals surface area (Å²) >= 11 is 0. The van der Waals surface area contributed by atoms with Gasteiger partial charge in [-0.05, 0) is 71.7 Å². The molecule has 3 aromatic carbocycles. The van der Waals surface area contributed by atoms with E-state index in [1.54, 1.807) is 18.2 Å². The average Bonchev–Trinajstić information content (AvgIpc) is 2.90. The minimum Gasteiger partial charge on any atom is -0.422 e. The van der Waals surface area contributed by atoms with Crippen LogP contribution in [0.5, 0.6) is 5.75 Å². The van der Waals surface area contributed by atoms with E-state index in [0.717, 1.165) is 36.0 Å². The van der Waals surface area contributed by atoms with Crippen molar-refractivity contribution in [2.45, 2.75) is 78.6 Å². The summed E-state index contributed by atoms with van der Waals surface area (Å²) in [5.41, 5.74) is 5.51. The zero-order valence-corrected chi connectivity index (χ0v) is 22.1. The van der Waals surface area contributed by atoms with Crippen LogP contribution in [-0.4, -0.2) is 5.97 Å². The highest BCUT2D eigenvalue weighted by Crippen LogP contribution is 2.25. The van der Waals surface area contributed by atoms with E-state index in [0.29, 0.717) is 22.8 Å². The standard InChI is InChI=1S/C33H39NO2/c1-4-6-7-8-9-11-26-14-21-32(31(23-26)24-34)36-33(35)30-19-17-29(18-20-30)28-15-12-27(13-16-28)22-25(3)10-5-2/h12-21,23,25H,4-11,22H2,1-3H3. The van der Waals surface area contributed by atoms with Gasteiger partial charge < -0.3 is 4.74 Å². The van der Waals surface area contributed by atoms with E-state index >= 15 is 0 Å². The van der Waals surface area contributed by atoms with Gasteiger partial charge in [-0.2, -0.15) is 5.26 Å². The number of nitrogens with zero attached hydrogens (tertiary/aromatic N) is 1. The summed E-state index contributed by atoms with van der Waals surface area (Å²) in [4.78, 5) is 12.8. The number of unbranched alkanes of at least 4 members (excludes halogenated alkanes) is 4. The van der Waals surface area contributed by atoms with Crippen molar-refractivity contribution in [3.8, 4) is 22.9 Å². The number of benzene rings is 3. The lowest BCUT2D eigenvalue weighted by Gasteiger charge is -2.11. The number of aryl methyl sites for hydroxylation is 1. The van der Waals surface area contributed by atoms with Crippen LogP contribution < -0.4 is 4.74 Å². The maximum atomic E-state index is 12.8. The third-order valence-electron chi connectivity index (χ3n) is 6.71. The molecule has 0 saturated heterocycles. The molecule has 0 aromatic heterocycles. The molecule has 0 bridgehead atoms. The monoisotopic (exact) mass is 481 g/mol. The molecule has 1 atom stereocenters. The number of carbonyl (C=O) groups is 1. The third-order valence-corrected chi connectivity index (χ3v) is 6.71. The Labute approximate surface area is 217 Å². The van der Waals surface area contributed by atoms with Gasteiger partial charge in [-0.1, -0.05) is 102 Å². The lowest BCUT2D eigenvalue weighted by molar-refractivity contribution is 0.0734. The molecular formula is C33H39NO2. The van der Waals surface area contributed by atoms with Crippen molar-refractivity contribution in [1.29, 1.82) is 5.26 Å².